The maximum absolute atomic E-state index is 10.1. The molecule has 0 unspecified atom stereocenters. The van der Waals surface area contributed by atoms with Gasteiger partial charge in [-0.1, -0.05) is 13.8 Å². The fourth-order valence-electron chi connectivity index (χ4n) is 0.762. The zero-order chi connectivity index (χ0) is 22.3. The molecule has 0 bridgehead atoms. The van der Waals surface area contributed by atoms with Crippen LogP contribution in [0.2, 0.25) is 0 Å². The minimum Gasteiger partial charge on any atom is -0.453 e. The van der Waals surface area contributed by atoms with Crippen molar-refractivity contribution in [2.24, 2.45) is 22.9 Å². The van der Waals surface area contributed by atoms with E-state index in [1.54, 1.807) is 0 Å². The summed E-state index contributed by atoms with van der Waals surface area (Å²) in [5.41, 5.74) is 20.0. The smallest absolute Gasteiger partial charge is 0.406 e. The van der Waals surface area contributed by atoms with E-state index in [4.69, 9.17) is 22.9 Å². The summed E-state index contributed by atoms with van der Waals surface area (Å²) in [6.07, 6.45) is -0.745. The molecule has 27 heavy (non-hydrogen) atoms. The summed E-state index contributed by atoms with van der Waals surface area (Å²) in [5, 5.41) is 7.90. The summed E-state index contributed by atoms with van der Waals surface area (Å²) >= 11 is 0. The van der Waals surface area contributed by atoms with Crippen LogP contribution in [0.5, 0.6) is 0 Å². The van der Waals surface area contributed by atoms with Gasteiger partial charge in [-0.2, -0.15) is 0 Å². The van der Waals surface area contributed by atoms with E-state index >= 15 is 0 Å². The van der Waals surface area contributed by atoms with E-state index in [9.17, 15) is 9.59 Å². The number of rotatable bonds is 6. The van der Waals surface area contributed by atoms with Crippen LogP contribution in [0.3, 0.4) is 0 Å². The third-order valence-electron chi connectivity index (χ3n) is 1.66. The predicted octanol–water partition coefficient (Wildman–Crippen LogP) is -0.852. The number of carbonyl (C=O) groups is 2. The van der Waals surface area contributed by atoms with Gasteiger partial charge < -0.3 is 48.4 Å². The highest BCUT2D eigenvalue weighted by Gasteiger charge is 1.89. The lowest BCUT2D eigenvalue weighted by Crippen LogP contribution is -2.27. The number of hydrogen-bond donors (Lipinski definition) is 7. The van der Waals surface area contributed by atoms with E-state index in [1.165, 1.54) is 14.2 Å². The average Bonchev–Trinajstić information content (AvgIpc) is 2.65. The minimum absolute atomic E-state index is 0.373. The molecule has 0 aliphatic carbocycles. The Labute approximate surface area is 165 Å². The third-order valence-corrected chi connectivity index (χ3v) is 1.66. The quantitative estimate of drug-likeness (QED) is 0.278. The molecule has 0 radical (unpaired) electrons. The van der Waals surface area contributed by atoms with E-state index in [0.29, 0.717) is 26.2 Å². The van der Waals surface area contributed by atoms with Crippen molar-refractivity contribution < 1.29 is 19.1 Å². The maximum Gasteiger partial charge on any atom is 0.406 e. The molecule has 168 valence electrons. The Morgan fingerprint density at radius 1 is 0.704 bits per heavy atom. The van der Waals surface area contributed by atoms with Crippen LogP contribution in [-0.4, -0.2) is 78.8 Å². The first-order valence-electron chi connectivity index (χ1n) is 9.01. The second-order valence-electron chi connectivity index (χ2n) is 4.19. The van der Waals surface area contributed by atoms with Crippen molar-refractivity contribution in [3.63, 3.8) is 0 Å². The number of carbonyl (C=O) groups excluding carboxylic acids is 2. The van der Waals surface area contributed by atoms with Crippen LogP contribution >= 0.6 is 0 Å². The molecule has 0 fully saturated rings. The van der Waals surface area contributed by atoms with Gasteiger partial charge in [-0.25, -0.2) is 9.59 Å². The summed E-state index contributed by atoms with van der Waals surface area (Å²) in [7, 11) is 2.68. The van der Waals surface area contributed by atoms with Crippen LogP contribution in [-0.2, 0) is 9.47 Å². The van der Waals surface area contributed by atoms with Crippen molar-refractivity contribution in [2.45, 2.75) is 27.7 Å². The van der Waals surface area contributed by atoms with E-state index in [0.717, 1.165) is 26.2 Å². The first kappa shape index (κ1) is 36.3. The van der Waals surface area contributed by atoms with Gasteiger partial charge in [0.25, 0.3) is 0 Å². The summed E-state index contributed by atoms with van der Waals surface area (Å²) < 4.78 is 8.48. The van der Waals surface area contributed by atoms with Crippen molar-refractivity contribution in [3.8, 4) is 0 Å². The zero-order valence-electron chi connectivity index (χ0n) is 18.1. The normalized spacial score (nSPS) is 7.78. The van der Waals surface area contributed by atoms with Crippen molar-refractivity contribution >= 4 is 12.2 Å². The Kier molecular flexibility index (Phi) is 59.3. The Morgan fingerprint density at radius 2 is 0.963 bits per heavy atom. The van der Waals surface area contributed by atoms with Crippen molar-refractivity contribution in [2.75, 3.05) is 66.6 Å². The van der Waals surface area contributed by atoms with Gasteiger partial charge in [0.05, 0.1) is 14.2 Å². The molecule has 2 amide bonds. The van der Waals surface area contributed by atoms with Crippen molar-refractivity contribution in [1.29, 1.82) is 0 Å². The number of hydrogen-bond acceptors (Lipinski definition) is 9. The number of alkyl carbamates (subject to hydrolysis) is 2. The Morgan fingerprint density at radius 3 is 1.07 bits per heavy atom. The van der Waals surface area contributed by atoms with Crippen LogP contribution in [0, 0.1) is 0 Å². The highest BCUT2D eigenvalue weighted by Crippen LogP contribution is 1.66. The molecule has 0 aromatic rings. The molecule has 0 aromatic carbocycles. The number of methoxy groups -OCH3 is 2. The molecule has 0 heterocycles. The first-order chi connectivity index (χ1) is 12.9. The SMILES string of the molecule is CCN.CCN.CCNC(=O)OC.CCNC(=O)OC.NCCNCCN. The van der Waals surface area contributed by atoms with E-state index in [2.05, 4.69) is 25.4 Å². The minimum atomic E-state index is -0.373. The van der Waals surface area contributed by atoms with Gasteiger partial charge in [0.1, 0.15) is 0 Å². The van der Waals surface area contributed by atoms with Gasteiger partial charge in [-0.3, -0.25) is 0 Å². The predicted molar refractivity (Wildman–Crippen MR) is 113 cm³/mol. The second kappa shape index (κ2) is 44.1. The third kappa shape index (κ3) is 79.8. The molecule has 0 rings (SSSR count). The Balaban J connectivity index is -0.0000000782. The van der Waals surface area contributed by atoms with Gasteiger partial charge in [-0.15, -0.1) is 0 Å². The monoisotopic (exact) mass is 399 g/mol. The van der Waals surface area contributed by atoms with Crippen molar-refractivity contribution in [3.05, 3.63) is 0 Å². The lowest BCUT2D eigenvalue weighted by Gasteiger charge is -1.95. The molecule has 0 aliphatic heterocycles. The number of nitrogens with one attached hydrogen (secondary N) is 3. The van der Waals surface area contributed by atoms with Crippen LogP contribution in [0.15, 0.2) is 0 Å². The van der Waals surface area contributed by atoms with E-state index < -0.39 is 0 Å². The van der Waals surface area contributed by atoms with Crippen LogP contribution < -0.4 is 38.9 Å². The van der Waals surface area contributed by atoms with Crippen LogP contribution in [0.25, 0.3) is 0 Å². The average molecular weight is 400 g/mol. The molecule has 0 aromatic heterocycles. The zero-order valence-corrected chi connectivity index (χ0v) is 18.1. The van der Waals surface area contributed by atoms with E-state index in [1.807, 2.05) is 27.7 Å². The van der Waals surface area contributed by atoms with Crippen LogP contribution in [0.4, 0.5) is 9.59 Å². The lowest BCUT2D eigenvalue weighted by molar-refractivity contribution is 0.171. The summed E-state index contributed by atoms with van der Waals surface area (Å²) in [4.78, 5) is 20.2. The largest absolute Gasteiger partial charge is 0.453 e. The Hall–Kier alpha value is -1.66. The lowest BCUT2D eigenvalue weighted by atomic mass is 10.6. The molecule has 0 saturated carbocycles. The molecule has 11 nitrogen and oxygen atoms in total. The highest BCUT2D eigenvalue weighted by atomic mass is 16.5. The molecule has 0 atom stereocenters. The number of amides is 2. The highest BCUT2D eigenvalue weighted by molar-refractivity contribution is 5.66. The number of ether oxygens (including phenoxy) is 2. The molecular weight excluding hydrogens is 354 g/mol. The van der Waals surface area contributed by atoms with Gasteiger partial charge in [0, 0.05) is 39.3 Å². The van der Waals surface area contributed by atoms with Gasteiger partial charge in [0.15, 0.2) is 0 Å². The second-order valence-corrected chi connectivity index (χ2v) is 4.19. The fraction of sp³-hybridized carbons (Fsp3) is 0.875. The fourth-order valence-corrected chi connectivity index (χ4v) is 0.762. The first-order valence-corrected chi connectivity index (χ1v) is 9.01. The molecule has 0 aliphatic rings. The summed E-state index contributed by atoms with van der Waals surface area (Å²) in [5.74, 6) is 0. The van der Waals surface area contributed by atoms with Gasteiger partial charge >= 0.3 is 12.2 Å². The standard InChI is InChI=1S/C4H13N3.2C4H9NO2.2C2H7N/c5-1-3-7-4-2-6;2*1-3-5-4(6)7-2;2*1-2-3/h7H,1-6H2;2*3H2,1-2H3,(H,5,6);2*2-3H2,1H3. The summed E-state index contributed by atoms with van der Waals surface area (Å²) in [6, 6.07) is 0. The maximum atomic E-state index is 10.1. The number of nitrogens with two attached hydrogens (primary N) is 4. The molecule has 11 heteroatoms. The molecule has 11 N–H and O–H groups in total. The van der Waals surface area contributed by atoms with E-state index in [-0.39, 0.29) is 12.2 Å². The molecule has 0 saturated heterocycles. The topological polar surface area (TPSA) is 193 Å². The van der Waals surface area contributed by atoms with Gasteiger partial charge in [-0.05, 0) is 26.9 Å². The van der Waals surface area contributed by atoms with Crippen molar-refractivity contribution in [1.82, 2.24) is 16.0 Å². The molecular formula is C16H45N7O4. The van der Waals surface area contributed by atoms with Gasteiger partial charge in [0.2, 0.25) is 0 Å². The molecule has 0 spiro atoms. The summed E-state index contributed by atoms with van der Waals surface area (Å²) in [6.45, 7) is 13.3. The Bertz CT molecular complexity index is 237. The van der Waals surface area contributed by atoms with Crippen LogP contribution in [0.1, 0.15) is 27.7 Å².